The summed E-state index contributed by atoms with van der Waals surface area (Å²) in [4.78, 5) is 0. The van der Waals surface area contributed by atoms with Crippen molar-refractivity contribution >= 4 is 0 Å². The van der Waals surface area contributed by atoms with Crippen LogP contribution in [-0.2, 0) is 0 Å². The molecule has 0 heteroatoms. The molecule has 28 heavy (non-hydrogen) atoms. The van der Waals surface area contributed by atoms with Crippen molar-refractivity contribution in [1.29, 1.82) is 0 Å². The number of hydrogen-bond donors (Lipinski definition) is 0. The van der Waals surface area contributed by atoms with Crippen molar-refractivity contribution < 1.29 is 0 Å². The zero-order chi connectivity index (χ0) is 20.4. The summed E-state index contributed by atoms with van der Waals surface area (Å²) in [7, 11) is 0. The Bertz CT molecular complexity index is 718. The molecule has 0 aromatic heterocycles. The molecule has 0 fully saturated rings. The Morgan fingerprint density at radius 1 is 0.357 bits per heavy atom. The van der Waals surface area contributed by atoms with E-state index >= 15 is 0 Å². The highest BCUT2D eigenvalue weighted by Crippen LogP contribution is 1.88. The van der Waals surface area contributed by atoms with E-state index in [0.29, 0.717) is 0 Å². The highest BCUT2D eigenvalue weighted by atomic mass is 13.7. The smallest absolute Gasteiger partial charge is 0.0376 e. The van der Waals surface area contributed by atoms with Gasteiger partial charge in [-0.25, -0.2) is 0 Å². The van der Waals surface area contributed by atoms with E-state index in [-0.39, 0.29) is 0 Å². The molecule has 0 nitrogen and oxygen atoms in total. The maximum Gasteiger partial charge on any atom is -0.0376 e. The van der Waals surface area contributed by atoms with Crippen molar-refractivity contribution in [2.75, 3.05) is 0 Å². The molecule has 0 aromatic rings. The fourth-order valence-electron chi connectivity index (χ4n) is 1.63. The van der Waals surface area contributed by atoms with Crippen LogP contribution in [0.25, 0.3) is 0 Å². The minimum Gasteiger partial charge on any atom is -0.0848 e. The lowest BCUT2D eigenvalue weighted by Crippen LogP contribution is -1.54. The molecule has 0 N–H and O–H groups in total. The van der Waals surface area contributed by atoms with E-state index in [1.807, 2.05) is 128 Å². The van der Waals surface area contributed by atoms with Gasteiger partial charge in [0.2, 0.25) is 0 Å². The third-order valence-electron chi connectivity index (χ3n) is 2.93. The molecule has 0 amide bonds. The van der Waals surface area contributed by atoms with Crippen LogP contribution >= 0.6 is 0 Å². The Morgan fingerprint density at radius 3 is 0.786 bits per heavy atom. The zero-order valence-electron chi connectivity index (χ0n) is 16.7. The van der Waals surface area contributed by atoms with Crippen LogP contribution in [0.1, 0.15) is 13.3 Å². The van der Waals surface area contributed by atoms with E-state index in [0.717, 1.165) is 6.42 Å². The SMILES string of the molecule is [CH]=CC=CC=CC=CC=CC=CC=CC=CC=CC=CC=CC=CC=CCC. The molecular weight excluding hydrogens is 336 g/mol. The first kappa shape index (κ1) is 24.6. The number of rotatable bonds is 13. The van der Waals surface area contributed by atoms with Crippen molar-refractivity contribution in [3.05, 3.63) is 158 Å². The topological polar surface area (TPSA) is 0 Å². The summed E-state index contributed by atoms with van der Waals surface area (Å²) in [6.07, 6.45) is 50.2. The monoisotopic (exact) mass is 367 g/mol. The third-order valence-corrected chi connectivity index (χ3v) is 2.93. The summed E-state index contributed by atoms with van der Waals surface area (Å²) in [5.41, 5.74) is 0. The van der Waals surface area contributed by atoms with Gasteiger partial charge in [0.1, 0.15) is 0 Å². The van der Waals surface area contributed by atoms with Crippen molar-refractivity contribution in [3.8, 4) is 0 Å². The predicted octanol–water partition coefficient (Wildman–Crippen LogP) is 8.06. The van der Waals surface area contributed by atoms with Crippen molar-refractivity contribution in [3.63, 3.8) is 0 Å². The standard InChI is InChI=1S/C28H31/c1-3-5-7-9-11-13-15-17-19-21-23-25-27-28-26-24-22-20-18-16-14-12-10-8-6-4-2/h1,3,5-28H,4H2,2H3. The van der Waals surface area contributed by atoms with E-state index in [1.165, 1.54) is 6.08 Å². The molecule has 0 aromatic carbocycles. The maximum absolute atomic E-state index is 5.22. The quantitative estimate of drug-likeness (QED) is 0.289. The second-order valence-electron chi connectivity index (χ2n) is 5.26. The molecule has 0 unspecified atom stereocenters. The van der Waals surface area contributed by atoms with Gasteiger partial charge >= 0.3 is 0 Å². The minimum atomic E-state index is 1.07. The van der Waals surface area contributed by atoms with Crippen molar-refractivity contribution in [2.24, 2.45) is 0 Å². The fourth-order valence-corrected chi connectivity index (χ4v) is 1.63. The summed E-state index contributed by atoms with van der Waals surface area (Å²) < 4.78 is 0. The molecule has 0 aliphatic heterocycles. The lowest BCUT2D eigenvalue weighted by Gasteiger charge is -1.76. The number of hydrogen-bond acceptors (Lipinski definition) is 0. The molecule has 143 valence electrons. The first-order valence-corrected chi connectivity index (χ1v) is 9.45. The zero-order valence-corrected chi connectivity index (χ0v) is 16.7. The highest BCUT2D eigenvalue weighted by molar-refractivity contribution is 5.23. The van der Waals surface area contributed by atoms with E-state index in [4.69, 9.17) is 6.58 Å². The van der Waals surface area contributed by atoms with Gasteiger partial charge in [-0.1, -0.05) is 165 Å². The van der Waals surface area contributed by atoms with Gasteiger partial charge in [0.05, 0.1) is 0 Å². The van der Waals surface area contributed by atoms with Gasteiger partial charge < -0.3 is 0 Å². The van der Waals surface area contributed by atoms with Crippen LogP contribution in [0.15, 0.2) is 152 Å². The van der Waals surface area contributed by atoms with Gasteiger partial charge in [-0.2, -0.15) is 0 Å². The van der Waals surface area contributed by atoms with Crippen LogP contribution in [0.5, 0.6) is 0 Å². The fraction of sp³-hybridized carbons (Fsp3) is 0.0714. The largest absolute Gasteiger partial charge is 0.0848 e. The van der Waals surface area contributed by atoms with Crippen LogP contribution < -0.4 is 0 Å². The van der Waals surface area contributed by atoms with E-state index < -0.39 is 0 Å². The van der Waals surface area contributed by atoms with Gasteiger partial charge in [-0.05, 0) is 6.42 Å². The first-order valence-electron chi connectivity index (χ1n) is 9.45. The summed E-state index contributed by atoms with van der Waals surface area (Å²) in [6.45, 7) is 7.34. The lowest BCUT2D eigenvalue weighted by molar-refractivity contribution is 1.22. The average molecular weight is 368 g/mol. The van der Waals surface area contributed by atoms with Gasteiger partial charge in [0.25, 0.3) is 0 Å². The molecular formula is C28H31. The molecule has 0 saturated carbocycles. The summed E-state index contributed by atoms with van der Waals surface area (Å²) in [6, 6.07) is 0. The molecule has 0 saturated heterocycles. The average Bonchev–Trinajstić information content (AvgIpc) is 2.71. The molecule has 0 rings (SSSR count). The lowest BCUT2D eigenvalue weighted by atomic mass is 10.3. The highest BCUT2D eigenvalue weighted by Gasteiger charge is 1.66. The minimum absolute atomic E-state index is 1.07. The van der Waals surface area contributed by atoms with E-state index in [2.05, 4.69) is 19.1 Å². The Hall–Kier alpha value is -3.38. The second kappa shape index (κ2) is 23.6. The molecule has 0 aliphatic rings. The molecule has 0 heterocycles. The molecule has 0 atom stereocenters. The number of allylic oxidation sites excluding steroid dienone is 25. The van der Waals surface area contributed by atoms with Gasteiger partial charge in [0, 0.05) is 0 Å². The Labute approximate surface area is 172 Å². The van der Waals surface area contributed by atoms with E-state index in [1.54, 1.807) is 6.08 Å². The summed E-state index contributed by atoms with van der Waals surface area (Å²) in [5, 5.41) is 0. The third kappa shape index (κ3) is 22.6. The van der Waals surface area contributed by atoms with Gasteiger partial charge in [-0.15, -0.1) is 0 Å². The predicted molar refractivity (Wildman–Crippen MR) is 129 cm³/mol. The maximum atomic E-state index is 5.22. The summed E-state index contributed by atoms with van der Waals surface area (Å²) in [5.74, 6) is 0. The van der Waals surface area contributed by atoms with Crippen LogP contribution in [-0.4, -0.2) is 0 Å². The van der Waals surface area contributed by atoms with Crippen LogP contribution in [0.2, 0.25) is 0 Å². The van der Waals surface area contributed by atoms with Crippen LogP contribution in [0.4, 0.5) is 0 Å². The molecule has 1 radical (unpaired) electrons. The van der Waals surface area contributed by atoms with Crippen LogP contribution in [0.3, 0.4) is 0 Å². The molecule has 0 aliphatic carbocycles. The normalized spacial score (nSPS) is 14.6. The Morgan fingerprint density at radius 2 is 0.571 bits per heavy atom. The second-order valence-corrected chi connectivity index (χ2v) is 5.26. The summed E-state index contributed by atoms with van der Waals surface area (Å²) >= 11 is 0. The first-order chi connectivity index (χ1) is 13.9. The van der Waals surface area contributed by atoms with Crippen LogP contribution in [0, 0.1) is 6.58 Å². The van der Waals surface area contributed by atoms with Gasteiger partial charge in [0.15, 0.2) is 0 Å². The van der Waals surface area contributed by atoms with Crippen molar-refractivity contribution in [1.82, 2.24) is 0 Å². The molecule has 0 bridgehead atoms. The van der Waals surface area contributed by atoms with Gasteiger partial charge in [-0.3, -0.25) is 0 Å². The molecule has 0 spiro atoms. The van der Waals surface area contributed by atoms with Crippen molar-refractivity contribution in [2.45, 2.75) is 13.3 Å². The Kier molecular flexibility index (Phi) is 20.8. The van der Waals surface area contributed by atoms with E-state index in [9.17, 15) is 0 Å². The Balaban J connectivity index is 3.94.